The molecule has 1 aliphatic carbocycles. The summed E-state index contributed by atoms with van der Waals surface area (Å²) in [6.07, 6.45) is 5.54. The molecule has 1 N–H and O–H groups in total. The zero-order valence-corrected chi connectivity index (χ0v) is 12.8. The lowest BCUT2D eigenvalue weighted by molar-refractivity contribution is 0.0951. The summed E-state index contributed by atoms with van der Waals surface area (Å²) in [5.74, 6) is 0.348. The van der Waals surface area contributed by atoms with Gasteiger partial charge in [-0.05, 0) is 48.6 Å². The molecule has 4 nitrogen and oxygen atoms in total. The summed E-state index contributed by atoms with van der Waals surface area (Å²) in [6, 6.07) is 11.7. The van der Waals surface area contributed by atoms with Crippen LogP contribution in [0.1, 0.15) is 42.5 Å². The number of rotatable bonds is 3. The van der Waals surface area contributed by atoms with Gasteiger partial charge in [0.25, 0.3) is 5.91 Å². The van der Waals surface area contributed by atoms with Crippen LogP contribution in [-0.2, 0) is 0 Å². The van der Waals surface area contributed by atoms with Gasteiger partial charge in [-0.3, -0.25) is 4.79 Å². The van der Waals surface area contributed by atoms with E-state index in [1.807, 2.05) is 36.4 Å². The first-order valence-corrected chi connectivity index (χ1v) is 7.70. The van der Waals surface area contributed by atoms with Gasteiger partial charge >= 0.3 is 0 Å². The summed E-state index contributed by atoms with van der Waals surface area (Å²) < 4.78 is 5.36. The van der Waals surface area contributed by atoms with Crippen LogP contribution in [-0.4, -0.2) is 18.7 Å². The van der Waals surface area contributed by atoms with Crippen molar-refractivity contribution in [3.05, 3.63) is 42.0 Å². The summed E-state index contributed by atoms with van der Waals surface area (Å²) >= 11 is 0. The van der Waals surface area contributed by atoms with Crippen molar-refractivity contribution in [1.29, 1.82) is 0 Å². The molecule has 114 valence electrons. The minimum atomic E-state index is -0.222. The van der Waals surface area contributed by atoms with Gasteiger partial charge in [0, 0.05) is 5.71 Å². The number of hydrogen-bond acceptors (Lipinski definition) is 3. The third-order valence-corrected chi connectivity index (χ3v) is 4.06. The molecule has 1 aliphatic rings. The lowest BCUT2D eigenvalue weighted by Gasteiger charge is -2.13. The second-order valence-electron chi connectivity index (χ2n) is 5.58. The smallest absolute Gasteiger partial charge is 0.275 e. The van der Waals surface area contributed by atoms with Crippen molar-refractivity contribution in [1.82, 2.24) is 5.43 Å². The van der Waals surface area contributed by atoms with Crippen molar-refractivity contribution in [3.8, 4) is 5.75 Å². The summed E-state index contributed by atoms with van der Waals surface area (Å²) in [4.78, 5) is 12.4. The molecule has 0 aliphatic heterocycles. The molecule has 0 radical (unpaired) electrons. The van der Waals surface area contributed by atoms with Gasteiger partial charge in [-0.15, -0.1) is 0 Å². The predicted molar refractivity (Wildman–Crippen MR) is 88.5 cm³/mol. The zero-order chi connectivity index (χ0) is 15.4. The highest BCUT2D eigenvalue weighted by molar-refractivity contribution is 6.02. The second-order valence-corrected chi connectivity index (χ2v) is 5.58. The fourth-order valence-electron chi connectivity index (χ4n) is 2.83. The lowest BCUT2D eigenvalue weighted by Crippen LogP contribution is -2.21. The van der Waals surface area contributed by atoms with Gasteiger partial charge in [-0.1, -0.05) is 30.7 Å². The Kier molecular flexibility index (Phi) is 4.37. The van der Waals surface area contributed by atoms with Gasteiger partial charge in [-0.25, -0.2) is 5.43 Å². The van der Waals surface area contributed by atoms with Gasteiger partial charge in [0.2, 0.25) is 0 Å². The molecule has 2 aromatic carbocycles. The summed E-state index contributed by atoms with van der Waals surface area (Å²) in [5.41, 5.74) is 4.27. The molecule has 2 aromatic rings. The molecule has 1 saturated carbocycles. The van der Waals surface area contributed by atoms with Crippen LogP contribution in [0.3, 0.4) is 0 Å². The predicted octanol–water partition coefficient (Wildman–Crippen LogP) is 3.90. The Morgan fingerprint density at radius 1 is 1.09 bits per heavy atom. The Morgan fingerprint density at radius 2 is 1.77 bits per heavy atom. The normalized spacial score (nSPS) is 14.7. The fraction of sp³-hybridized carbons (Fsp3) is 0.333. The number of hydrogen-bond donors (Lipinski definition) is 1. The summed E-state index contributed by atoms with van der Waals surface area (Å²) in [6.45, 7) is 0. The van der Waals surface area contributed by atoms with E-state index in [4.69, 9.17) is 4.74 Å². The molecular formula is C18H20N2O2. The third-order valence-electron chi connectivity index (χ3n) is 4.06. The maximum atomic E-state index is 12.4. The Hall–Kier alpha value is -2.36. The van der Waals surface area contributed by atoms with E-state index in [2.05, 4.69) is 10.5 Å². The van der Waals surface area contributed by atoms with Gasteiger partial charge in [-0.2, -0.15) is 5.10 Å². The highest BCUT2D eigenvalue weighted by Gasteiger charge is 2.14. The average Bonchev–Trinajstić information content (AvgIpc) is 2.59. The maximum absolute atomic E-state index is 12.4. The van der Waals surface area contributed by atoms with Crippen LogP contribution in [0, 0.1) is 0 Å². The quantitative estimate of drug-likeness (QED) is 0.873. The molecule has 1 fully saturated rings. The molecule has 22 heavy (non-hydrogen) atoms. The monoisotopic (exact) mass is 296 g/mol. The van der Waals surface area contributed by atoms with Crippen LogP contribution in [0.4, 0.5) is 0 Å². The first-order valence-electron chi connectivity index (χ1n) is 7.70. The molecule has 3 rings (SSSR count). The molecule has 0 heterocycles. The number of fused-ring (bicyclic) bond motifs is 1. The minimum Gasteiger partial charge on any atom is -0.496 e. The zero-order valence-electron chi connectivity index (χ0n) is 12.8. The Balaban J connectivity index is 1.86. The molecule has 0 atom stereocenters. The number of carbonyl (C=O) groups excluding carboxylic acids is 1. The van der Waals surface area contributed by atoms with Crippen molar-refractivity contribution in [2.24, 2.45) is 5.10 Å². The van der Waals surface area contributed by atoms with E-state index >= 15 is 0 Å². The number of methoxy groups -OCH3 is 1. The van der Waals surface area contributed by atoms with Gasteiger partial charge in [0.15, 0.2) is 0 Å². The number of amides is 1. The highest BCUT2D eigenvalue weighted by atomic mass is 16.5. The van der Waals surface area contributed by atoms with E-state index in [1.165, 1.54) is 6.42 Å². The highest BCUT2D eigenvalue weighted by Crippen LogP contribution is 2.26. The number of benzene rings is 2. The number of carbonyl (C=O) groups is 1. The minimum absolute atomic E-state index is 0.222. The van der Waals surface area contributed by atoms with E-state index in [1.54, 1.807) is 7.11 Å². The number of nitrogens with zero attached hydrogens (tertiary/aromatic N) is 1. The number of nitrogens with one attached hydrogen (secondary N) is 1. The molecule has 0 saturated heterocycles. The molecule has 1 amide bonds. The topological polar surface area (TPSA) is 50.7 Å². The van der Waals surface area contributed by atoms with E-state index in [0.717, 1.165) is 42.2 Å². The van der Waals surface area contributed by atoms with Crippen molar-refractivity contribution >= 4 is 22.4 Å². The van der Waals surface area contributed by atoms with E-state index in [0.29, 0.717) is 11.3 Å². The van der Waals surface area contributed by atoms with Crippen molar-refractivity contribution < 1.29 is 9.53 Å². The molecule has 0 aromatic heterocycles. The van der Waals surface area contributed by atoms with Crippen LogP contribution in [0.2, 0.25) is 0 Å². The lowest BCUT2D eigenvalue weighted by atomic mass is 9.99. The van der Waals surface area contributed by atoms with Crippen LogP contribution >= 0.6 is 0 Å². The standard InChI is InChI=1S/C18H20N2O2/c1-22-17-12-14-8-6-5-7-13(14)11-16(17)18(21)20-19-15-9-3-2-4-10-15/h5-8,11-12H,2-4,9-10H2,1H3,(H,20,21). The van der Waals surface area contributed by atoms with Crippen LogP contribution in [0.5, 0.6) is 5.75 Å². The first kappa shape index (κ1) is 14.6. The molecular weight excluding hydrogens is 276 g/mol. The third kappa shape index (κ3) is 3.11. The Morgan fingerprint density at radius 3 is 2.45 bits per heavy atom. The molecule has 0 bridgehead atoms. The maximum Gasteiger partial charge on any atom is 0.275 e. The first-order chi connectivity index (χ1) is 10.8. The Bertz CT molecular complexity index is 714. The van der Waals surface area contributed by atoms with Gasteiger partial charge in [0.1, 0.15) is 5.75 Å². The van der Waals surface area contributed by atoms with Gasteiger partial charge in [0.05, 0.1) is 12.7 Å². The largest absolute Gasteiger partial charge is 0.496 e. The Labute approximate surface area is 130 Å². The van der Waals surface area contributed by atoms with E-state index in [9.17, 15) is 4.79 Å². The van der Waals surface area contributed by atoms with Crippen molar-refractivity contribution in [2.45, 2.75) is 32.1 Å². The molecule has 4 heteroatoms. The SMILES string of the molecule is COc1cc2ccccc2cc1C(=O)NN=C1CCCCC1. The van der Waals surface area contributed by atoms with Crippen molar-refractivity contribution in [2.75, 3.05) is 7.11 Å². The molecule has 0 spiro atoms. The average molecular weight is 296 g/mol. The second kappa shape index (κ2) is 6.60. The van der Waals surface area contributed by atoms with Crippen molar-refractivity contribution in [3.63, 3.8) is 0 Å². The number of ether oxygens (including phenoxy) is 1. The van der Waals surface area contributed by atoms with Crippen LogP contribution in [0.25, 0.3) is 10.8 Å². The molecule has 0 unspecified atom stereocenters. The summed E-state index contributed by atoms with van der Waals surface area (Å²) in [5, 5.41) is 6.34. The number of hydrazone groups is 1. The van der Waals surface area contributed by atoms with Crippen LogP contribution in [0.15, 0.2) is 41.5 Å². The summed E-state index contributed by atoms with van der Waals surface area (Å²) in [7, 11) is 1.58. The van der Waals surface area contributed by atoms with E-state index < -0.39 is 0 Å². The van der Waals surface area contributed by atoms with Gasteiger partial charge < -0.3 is 4.74 Å². The van der Waals surface area contributed by atoms with E-state index in [-0.39, 0.29) is 5.91 Å². The van der Waals surface area contributed by atoms with Crippen LogP contribution < -0.4 is 10.2 Å². The fourth-order valence-corrected chi connectivity index (χ4v) is 2.83.